The number of carbonyl (C=O) groups excluding carboxylic acids is 2. The highest BCUT2D eigenvalue weighted by Crippen LogP contribution is 2.21. The third-order valence-electron chi connectivity index (χ3n) is 2.63. The Morgan fingerprint density at radius 2 is 1.60 bits per heavy atom. The number of carbonyl (C=O) groups is 2. The first-order valence-corrected chi connectivity index (χ1v) is 6.10. The van der Waals surface area contributed by atoms with Crippen LogP contribution in [0.2, 0.25) is 0 Å². The van der Waals surface area contributed by atoms with Crippen molar-refractivity contribution in [1.29, 1.82) is 0 Å². The molecule has 0 heterocycles. The molecule has 0 aliphatic heterocycles. The van der Waals surface area contributed by atoms with Crippen LogP contribution in [0.3, 0.4) is 0 Å². The molecule has 102 valence electrons. The molecular weight excluding hydrogens is 254 g/mol. The molecule has 20 heavy (non-hydrogen) atoms. The van der Waals surface area contributed by atoms with Crippen LogP contribution in [0.5, 0.6) is 0 Å². The molecule has 0 aliphatic carbocycles. The fourth-order valence-electron chi connectivity index (χ4n) is 1.77. The zero-order valence-corrected chi connectivity index (χ0v) is 11.0. The minimum absolute atomic E-state index is 0.198. The van der Waals surface area contributed by atoms with E-state index >= 15 is 0 Å². The van der Waals surface area contributed by atoms with Crippen molar-refractivity contribution in [2.75, 3.05) is 16.4 Å². The Hall–Kier alpha value is -2.82. The summed E-state index contributed by atoms with van der Waals surface area (Å²) in [5, 5.41) is 5.41. The first-order valence-electron chi connectivity index (χ1n) is 6.10. The standard InChI is InChI=1S/C15H15N3O2/c1-10(19)17-13-7-2-3-8-14(13)18-15(20)11-5-4-6-12(16)9-11/h2-9H,16H2,1H3,(H,17,19)(H,18,20). The van der Waals surface area contributed by atoms with E-state index < -0.39 is 0 Å². The zero-order chi connectivity index (χ0) is 14.5. The summed E-state index contributed by atoms with van der Waals surface area (Å²) in [5.74, 6) is -0.481. The van der Waals surface area contributed by atoms with Crippen LogP contribution >= 0.6 is 0 Å². The van der Waals surface area contributed by atoms with Gasteiger partial charge in [-0.1, -0.05) is 18.2 Å². The summed E-state index contributed by atoms with van der Waals surface area (Å²) in [6, 6.07) is 13.7. The van der Waals surface area contributed by atoms with E-state index in [9.17, 15) is 9.59 Å². The molecule has 5 nitrogen and oxygen atoms in total. The van der Waals surface area contributed by atoms with Gasteiger partial charge in [0.25, 0.3) is 5.91 Å². The monoisotopic (exact) mass is 269 g/mol. The van der Waals surface area contributed by atoms with Crippen molar-refractivity contribution in [2.45, 2.75) is 6.92 Å². The number of para-hydroxylation sites is 2. The summed E-state index contributed by atoms with van der Waals surface area (Å²) in [6.45, 7) is 1.41. The summed E-state index contributed by atoms with van der Waals surface area (Å²) >= 11 is 0. The van der Waals surface area contributed by atoms with Crippen molar-refractivity contribution < 1.29 is 9.59 Å². The average molecular weight is 269 g/mol. The van der Waals surface area contributed by atoms with Crippen LogP contribution in [-0.2, 0) is 4.79 Å². The first kappa shape index (κ1) is 13.6. The maximum Gasteiger partial charge on any atom is 0.255 e. The topological polar surface area (TPSA) is 84.2 Å². The molecule has 4 N–H and O–H groups in total. The van der Waals surface area contributed by atoms with Crippen molar-refractivity contribution in [3.8, 4) is 0 Å². The van der Waals surface area contributed by atoms with Gasteiger partial charge in [0.1, 0.15) is 0 Å². The summed E-state index contributed by atoms with van der Waals surface area (Å²) in [4.78, 5) is 23.3. The van der Waals surface area contributed by atoms with E-state index in [0.717, 1.165) is 0 Å². The Kier molecular flexibility index (Phi) is 4.00. The van der Waals surface area contributed by atoms with E-state index in [1.54, 1.807) is 48.5 Å². The minimum atomic E-state index is -0.282. The highest BCUT2D eigenvalue weighted by Gasteiger charge is 2.09. The van der Waals surface area contributed by atoms with Crippen molar-refractivity contribution in [3.63, 3.8) is 0 Å². The quantitative estimate of drug-likeness (QED) is 0.748. The van der Waals surface area contributed by atoms with E-state index in [0.29, 0.717) is 22.6 Å². The maximum absolute atomic E-state index is 12.1. The molecule has 0 fully saturated rings. The highest BCUT2D eigenvalue weighted by atomic mass is 16.2. The Bertz CT molecular complexity index is 653. The molecule has 2 aromatic rings. The van der Waals surface area contributed by atoms with E-state index in [1.807, 2.05) is 0 Å². The number of hydrogen-bond acceptors (Lipinski definition) is 3. The second kappa shape index (κ2) is 5.88. The molecule has 0 bridgehead atoms. The molecule has 0 saturated heterocycles. The lowest BCUT2D eigenvalue weighted by Gasteiger charge is -2.11. The fourth-order valence-corrected chi connectivity index (χ4v) is 1.77. The van der Waals surface area contributed by atoms with E-state index in [1.165, 1.54) is 6.92 Å². The van der Waals surface area contributed by atoms with Gasteiger partial charge >= 0.3 is 0 Å². The Morgan fingerprint density at radius 3 is 2.20 bits per heavy atom. The van der Waals surface area contributed by atoms with Gasteiger partial charge in [-0.05, 0) is 30.3 Å². The van der Waals surface area contributed by atoms with Crippen LogP contribution in [0.25, 0.3) is 0 Å². The zero-order valence-electron chi connectivity index (χ0n) is 11.0. The third-order valence-corrected chi connectivity index (χ3v) is 2.63. The number of rotatable bonds is 3. The Morgan fingerprint density at radius 1 is 0.950 bits per heavy atom. The fraction of sp³-hybridized carbons (Fsp3) is 0.0667. The summed E-state index contributed by atoms with van der Waals surface area (Å²) in [7, 11) is 0. The van der Waals surface area contributed by atoms with Crippen LogP contribution in [0.4, 0.5) is 17.1 Å². The largest absolute Gasteiger partial charge is 0.399 e. The van der Waals surface area contributed by atoms with E-state index in [4.69, 9.17) is 5.73 Å². The van der Waals surface area contributed by atoms with E-state index in [2.05, 4.69) is 10.6 Å². The summed E-state index contributed by atoms with van der Waals surface area (Å²) in [6.07, 6.45) is 0. The predicted molar refractivity (Wildman–Crippen MR) is 79.6 cm³/mol. The van der Waals surface area contributed by atoms with Gasteiger partial charge in [0, 0.05) is 18.2 Å². The number of hydrogen-bond donors (Lipinski definition) is 3. The number of anilines is 3. The summed E-state index contributed by atoms with van der Waals surface area (Å²) < 4.78 is 0. The molecule has 2 amide bonds. The molecule has 2 rings (SSSR count). The smallest absolute Gasteiger partial charge is 0.255 e. The van der Waals surface area contributed by atoms with Crippen LogP contribution in [0.1, 0.15) is 17.3 Å². The molecule has 0 aromatic heterocycles. The molecule has 0 unspecified atom stereocenters. The van der Waals surface area contributed by atoms with Crippen molar-refractivity contribution in [3.05, 3.63) is 54.1 Å². The number of benzene rings is 2. The molecule has 0 saturated carbocycles. The Balaban J connectivity index is 2.21. The van der Waals surface area contributed by atoms with Gasteiger partial charge in [-0.3, -0.25) is 9.59 Å². The molecule has 0 aliphatic rings. The number of amides is 2. The molecular formula is C15H15N3O2. The van der Waals surface area contributed by atoms with Crippen LogP contribution < -0.4 is 16.4 Å². The lowest BCUT2D eigenvalue weighted by molar-refractivity contribution is -0.114. The number of nitrogens with one attached hydrogen (secondary N) is 2. The van der Waals surface area contributed by atoms with Gasteiger partial charge < -0.3 is 16.4 Å². The maximum atomic E-state index is 12.1. The first-order chi connectivity index (χ1) is 9.56. The molecule has 0 atom stereocenters. The number of nitrogen functional groups attached to an aromatic ring is 1. The molecule has 0 radical (unpaired) electrons. The van der Waals surface area contributed by atoms with Gasteiger partial charge in [0.15, 0.2) is 0 Å². The van der Waals surface area contributed by atoms with Gasteiger partial charge in [-0.25, -0.2) is 0 Å². The van der Waals surface area contributed by atoms with Gasteiger partial charge in [0.05, 0.1) is 11.4 Å². The predicted octanol–water partition coefficient (Wildman–Crippen LogP) is 2.48. The lowest BCUT2D eigenvalue weighted by atomic mass is 10.2. The Labute approximate surface area is 116 Å². The SMILES string of the molecule is CC(=O)Nc1ccccc1NC(=O)c1cccc(N)c1. The third kappa shape index (κ3) is 3.35. The molecule has 5 heteroatoms. The second-order valence-electron chi connectivity index (χ2n) is 4.31. The molecule has 2 aromatic carbocycles. The van der Waals surface area contributed by atoms with Gasteiger partial charge in [0.2, 0.25) is 5.91 Å². The number of nitrogens with two attached hydrogens (primary N) is 1. The van der Waals surface area contributed by atoms with Crippen molar-refractivity contribution >= 4 is 28.9 Å². The van der Waals surface area contributed by atoms with Crippen LogP contribution in [0.15, 0.2) is 48.5 Å². The van der Waals surface area contributed by atoms with Crippen molar-refractivity contribution in [1.82, 2.24) is 0 Å². The average Bonchev–Trinajstić information content (AvgIpc) is 2.40. The lowest BCUT2D eigenvalue weighted by Crippen LogP contribution is -2.15. The second-order valence-corrected chi connectivity index (χ2v) is 4.31. The van der Waals surface area contributed by atoms with E-state index in [-0.39, 0.29) is 11.8 Å². The van der Waals surface area contributed by atoms with Gasteiger partial charge in [-0.15, -0.1) is 0 Å². The minimum Gasteiger partial charge on any atom is -0.399 e. The molecule has 0 spiro atoms. The van der Waals surface area contributed by atoms with Crippen LogP contribution in [-0.4, -0.2) is 11.8 Å². The van der Waals surface area contributed by atoms with Gasteiger partial charge in [-0.2, -0.15) is 0 Å². The highest BCUT2D eigenvalue weighted by molar-refractivity contribution is 6.07. The normalized spacial score (nSPS) is 9.85. The van der Waals surface area contributed by atoms with Crippen LogP contribution in [0, 0.1) is 0 Å². The van der Waals surface area contributed by atoms with Crippen molar-refractivity contribution in [2.24, 2.45) is 0 Å². The summed E-state index contributed by atoms with van der Waals surface area (Å²) in [5.41, 5.74) is 7.72.